The number of nitrogens with zero attached hydrogens (tertiary/aromatic N) is 5. The van der Waals surface area contributed by atoms with Gasteiger partial charge in [0.1, 0.15) is 6.61 Å². The van der Waals surface area contributed by atoms with Crippen molar-refractivity contribution in [2.75, 3.05) is 13.2 Å². The molecular formula is C20H32N6O. The molecule has 0 spiro atoms. The number of ether oxygens (including phenoxy) is 1. The van der Waals surface area contributed by atoms with Crippen LogP contribution in [-0.2, 0) is 20.6 Å². The molecule has 0 amide bonds. The summed E-state index contributed by atoms with van der Waals surface area (Å²) < 4.78 is 9.44. The monoisotopic (exact) mass is 372 g/mol. The normalized spacial score (nSPS) is 11.0. The van der Waals surface area contributed by atoms with Crippen LogP contribution in [0.2, 0.25) is 0 Å². The second-order valence-electron chi connectivity index (χ2n) is 5.62. The van der Waals surface area contributed by atoms with Crippen molar-refractivity contribution in [3.63, 3.8) is 0 Å². The molecule has 0 saturated carbocycles. The first-order valence-corrected chi connectivity index (χ1v) is 9.17. The lowest BCUT2D eigenvalue weighted by atomic mass is 10.2. The van der Waals surface area contributed by atoms with E-state index >= 15 is 0 Å². The minimum Gasteiger partial charge on any atom is -0.476 e. The minimum atomic E-state index is 0.510. The van der Waals surface area contributed by atoms with Gasteiger partial charge >= 0.3 is 0 Å². The first-order chi connectivity index (χ1) is 13.0. The molecule has 0 saturated heterocycles. The summed E-state index contributed by atoms with van der Waals surface area (Å²) in [5, 5.41) is 12.1. The van der Waals surface area contributed by atoms with Gasteiger partial charge in [-0.15, -0.1) is 0 Å². The molecule has 2 rings (SSSR count). The van der Waals surface area contributed by atoms with E-state index in [4.69, 9.17) is 4.74 Å². The van der Waals surface area contributed by atoms with Crippen molar-refractivity contribution in [2.45, 2.75) is 34.2 Å². The number of aliphatic imine (C=N–C) groups is 1. The summed E-state index contributed by atoms with van der Waals surface area (Å²) in [6.07, 6.45) is 5.47. The summed E-state index contributed by atoms with van der Waals surface area (Å²) in [7, 11) is 3.78. The molecular weight excluding hydrogens is 340 g/mol. The lowest BCUT2D eigenvalue weighted by Gasteiger charge is -2.09. The number of hydrogen-bond acceptors (Lipinski definition) is 5. The Morgan fingerprint density at radius 1 is 1.33 bits per heavy atom. The molecule has 0 unspecified atom stereocenters. The zero-order valence-corrected chi connectivity index (χ0v) is 17.4. The quantitative estimate of drug-likeness (QED) is 0.541. The molecule has 0 atom stereocenters. The van der Waals surface area contributed by atoms with Crippen molar-refractivity contribution in [1.82, 2.24) is 24.9 Å². The summed E-state index contributed by atoms with van der Waals surface area (Å²) in [6, 6.07) is 0. The maximum Gasteiger partial charge on any atom is 0.221 e. The molecule has 148 valence electrons. The van der Waals surface area contributed by atoms with Crippen LogP contribution in [0.5, 0.6) is 5.88 Å². The van der Waals surface area contributed by atoms with Gasteiger partial charge in [0.2, 0.25) is 5.88 Å². The Balaban J connectivity index is 0.00000176. The van der Waals surface area contributed by atoms with Gasteiger partial charge in [-0.1, -0.05) is 32.6 Å². The van der Waals surface area contributed by atoms with Gasteiger partial charge in [0.25, 0.3) is 0 Å². The van der Waals surface area contributed by atoms with Crippen LogP contribution in [0.3, 0.4) is 0 Å². The fraction of sp³-hybridized carbons (Fsp3) is 0.450. The Labute approximate surface area is 162 Å². The summed E-state index contributed by atoms with van der Waals surface area (Å²) in [4.78, 5) is 4.01. The summed E-state index contributed by atoms with van der Waals surface area (Å²) in [6.45, 7) is 17.3. The van der Waals surface area contributed by atoms with Crippen LogP contribution < -0.4 is 10.1 Å². The van der Waals surface area contributed by atoms with E-state index in [1.165, 1.54) is 0 Å². The highest BCUT2D eigenvalue weighted by atomic mass is 16.5. The molecule has 0 aliphatic heterocycles. The van der Waals surface area contributed by atoms with Crippen LogP contribution in [0.4, 0.5) is 0 Å². The van der Waals surface area contributed by atoms with Crippen molar-refractivity contribution in [3.05, 3.63) is 41.4 Å². The first-order valence-electron chi connectivity index (χ1n) is 9.17. The molecule has 7 nitrogen and oxygen atoms in total. The van der Waals surface area contributed by atoms with Gasteiger partial charge in [0.05, 0.1) is 23.2 Å². The third kappa shape index (κ3) is 5.40. The number of aryl methyl sites for hydroxylation is 2. The van der Waals surface area contributed by atoms with Gasteiger partial charge < -0.3 is 10.1 Å². The molecule has 0 radical (unpaired) electrons. The second-order valence-corrected chi connectivity index (χ2v) is 5.62. The van der Waals surface area contributed by atoms with E-state index in [9.17, 15) is 0 Å². The lowest BCUT2D eigenvalue weighted by Crippen LogP contribution is -2.22. The van der Waals surface area contributed by atoms with Crippen molar-refractivity contribution in [3.8, 4) is 5.88 Å². The fourth-order valence-corrected chi connectivity index (χ4v) is 2.62. The van der Waals surface area contributed by atoms with E-state index in [1.54, 1.807) is 10.9 Å². The van der Waals surface area contributed by atoms with Crippen LogP contribution >= 0.6 is 0 Å². The minimum absolute atomic E-state index is 0.510. The van der Waals surface area contributed by atoms with E-state index in [-0.39, 0.29) is 0 Å². The fourth-order valence-electron chi connectivity index (χ4n) is 2.62. The van der Waals surface area contributed by atoms with Crippen molar-refractivity contribution in [2.24, 2.45) is 19.1 Å². The summed E-state index contributed by atoms with van der Waals surface area (Å²) in [5.41, 5.74) is 4.78. The molecule has 0 bridgehead atoms. The van der Waals surface area contributed by atoms with Gasteiger partial charge in [0.15, 0.2) is 0 Å². The zero-order valence-electron chi connectivity index (χ0n) is 17.4. The Kier molecular flexibility index (Phi) is 9.22. The molecule has 27 heavy (non-hydrogen) atoms. The number of allylic oxidation sites excluding steroid dienone is 1. The highest BCUT2D eigenvalue weighted by Crippen LogP contribution is 2.25. The molecule has 0 aliphatic carbocycles. The number of hydrogen-bond donors (Lipinski definition) is 1. The van der Waals surface area contributed by atoms with Gasteiger partial charge in [-0.3, -0.25) is 9.67 Å². The second kappa shape index (κ2) is 11.1. The van der Waals surface area contributed by atoms with E-state index < -0.39 is 0 Å². The SMILES string of the molecule is C=Cc1c(CNCCOc2c(/C(=C/C)N=C)cnn2C)nn(C)c1C.CC. The molecule has 2 aromatic heterocycles. The van der Waals surface area contributed by atoms with Gasteiger partial charge in [0, 0.05) is 38.4 Å². The maximum absolute atomic E-state index is 5.88. The molecule has 0 aromatic carbocycles. The molecule has 0 aliphatic rings. The Bertz CT molecular complexity index is 785. The summed E-state index contributed by atoms with van der Waals surface area (Å²) in [5.74, 6) is 0.683. The van der Waals surface area contributed by atoms with Crippen molar-refractivity contribution < 1.29 is 4.74 Å². The lowest BCUT2D eigenvalue weighted by molar-refractivity contribution is 0.286. The Morgan fingerprint density at radius 3 is 2.63 bits per heavy atom. The van der Waals surface area contributed by atoms with E-state index in [2.05, 4.69) is 33.8 Å². The third-order valence-electron chi connectivity index (χ3n) is 4.08. The molecule has 2 aromatic rings. The Morgan fingerprint density at radius 2 is 2.04 bits per heavy atom. The van der Waals surface area contributed by atoms with Crippen LogP contribution in [0, 0.1) is 6.92 Å². The zero-order chi connectivity index (χ0) is 20.4. The van der Waals surface area contributed by atoms with E-state index in [0.717, 1.165) is 28.2 Å². The van der Waals surface area contributed by atoms with Crippen molar-refractivity contribution in [1.29, 1.82) is 0 Å². The third-order valence-corrected chi connectivity index (χ3v) is 4.08. The predicted molar refractivity (Wildman–Crippen MR) is 113 cm³/mol. The largest absolute Gasteiger partial charge is 0.476 e. The first kappa shape index (κ1) is 22.4. The Hall–Kier alpha value is -2.67. The average Bonchev–Trinajstić information content (AvgIpc) is 3.17. The number of aromatic nitrogens is 4. The van der Waals surface area contributed by atoms with Crippen LogP contribution in [0.25, 0.3) is 11.8 Å². The molecule has 0 fully saturated rings. The highest BCUT2D eigenvalue weighted by Gasteiger charge is 2.13. The van der Waals surface area contributed by atoms with Crippen LogP contribution in [-0.4, -0.2) is 39.4 Å². The van der Waals surface area contributed by atoms with Crippen LogP contribution in [0.15, 0.2) is 23.8 Å². The average molecular weight is 373 g/mol. The van der Waals surface area contributed by atoms with Gasteiger partial charge in [-0.05, 0) is 20.6 Å². The van der Waals surface area contributed by atoms with E-state index in [0.29, 0.717) is 25.6 Å². The molecule has 1 N–H and O–H groups in total. The van der Waals surface area contributed by atoms with Crippen molar-refractivity contribution >= 4 is 18.5 Å². The maximum atomic E-state index is 5.88. The number of rotatable bonds is 9. The van der Waals surface area contributed by atoms with Gasteiger partial charge in [-0.25, -0.2) is 4.68 Å². The van der Waals surface area contributed by atoms with Gasteiger partial charge in [-0.2, -0.15) is 10.2 Å². The predicted octanol–water partition coefficient (Wildman–Crippen LogP) is 3.36. The molecule has 2 heterocycles. The van der Waals surface area contributed by atoms with E-state index in [1.807, 2.05) is 58.6 Å². The highest BCUT2D eigenvalue weighted by molar-refractivity contribution is 5.70. The number of nitrogens with one attached hydrogen (secondary N) is 1. The molecule has 7 heteroatoms. The van der Waals surface area contributed by atoms with Crippen LogP contribution in [0.1, 0.15) is 43.3 Å². The standard InChI is InChI=1S/C18H26N6O.C2H6/c1-7-14-13(3)23(5)22-17(14)12-20-9-10-25-18-15(11-21-24(18)6)16(8-2)19-4;1-2/h7-8,11,20H,1,4,9-10,12H2,2-3,5-6H3;1-2H3/b16-8-;. The smallest absolute Gasteiger partial charge is 0.221 e. The topological polar surface area (TPSA) is 69.3 Å². The summed E-state index contributed by atoms with van der Waals surface area (Å²) >= 11 is 0.